The summed E-state index contributed by atoms with van der Waals surface area (Å²) in [5.41, 5.74) is 6.22. The Hall–Kier alpha value is -1.24. The van der Waals surface area contributed by atoms with Gasteiger partial charge in [0.2, 0.25) is 0 Å². The summed E-state index contributed by atoms with van der Waals surface area (Å²) in [7, 11) is 0. The molecule has 1 N–H and O–H groups in total. The van der Waals surface area contributed by atoms with E-state index >= 15 is 0 Å². The number of nitrogens with one attached hydrogen (secondary N) is 1. The Morgan fingerprint density at radius 3 is 2.72 bits per heavy atom. The first-order chi connectivity index (χ1) is 8.47. The highest BCUT2D eigenvalue weighted by atomic mass is 14.7. The molecule has 18 heavy (non-hydrogen) atoms. The Bertz CT molecular complexity index is 583. The predicted octanol–water partition coefficient (Wildman–Crippen LogP) is 4.63. The zero-order chi connectivity index (χ0) is 12.9. The van der Waals surface area contributed by atoms with Crippen LogP contribution in [0.2, 0.25) is 0 Å². The maximum atomic E-state index is 3.66. The Balaban J connectivity index is 2.10. The molecule has 3 rings (SSSR count). The Morgan fingerprint density at radius 2 is 2.00 bits per heavy atom. The number of hydrogen-bond acceptors (Lipinski definition) is 0. The van der Waals surface area contributed by atoms with Crippen LogP contribution in [-0.4, -0.2) is 4.98 Å². The van der Waals surface area contributed by atoms with Gasteiger partial charge in [-0.2, -0.15) is 0 Å². The van der Waals surface area contributed by atoms with Gasteiger partial charge in [0.15, 0.2) is 0 Å². The van der Waals surface area contributed by atoms with Crippen molar-refractivity contribution >= 4 is 10.9 Å². The first-order valence-electron chi connectivity index (χ1n) is 7.06. The Kier molecular flexibility index (Phi) is 2.55. The van der Waals surface area contributed by atoms with Crippen LogP contribution in [0.25, 0.3) is 10.9 Å². The van der Waals surface area contributed by atoms with E-state index in [1.165, 1.54) is 41.4 Å². The minimum Gasteiger partial charge on any atom is -0.358 e. The molecule has 1 nitrogen and oxygen atoms in total. The van der Waals surface area contributed by atoms with Gasteiger partial charge in [-0.3, -0.25) is 0 Å². The van der Waals surface area contributed by atoms with Crippen molar-refractivity contribution in [3.8, 4) is 0 Å². The summed E-state index contributed by atoms with van der Waals surface area (Å²) in [6.07, 6.45) is 3.77. The van der Waals surface area contributed by atoms with Gasteiger partial charge in [0.05, 0.1) is 0 Å². The fraction of sp³-hybridized carbons (Fsp3) is 0.529. The molecular weight excluding hydrogens is 218 g/mol. The van der Waals surface area contributed by atoms with Crippen LogP contribution in [0.5, 0.6) is 0 Å². The predicted molar refractivity (Wildman–Crippen MR) is 78.0 cm³/mol. The molecule has 0 amide bonds. The lowest BCUT2D eigenvalue weighted by Gasteiger charge is -2.34. The van der Waals surface area contributed by atoms with Crippen LogP contribution in [-0.2, 0) is 12.8 Å². The summed E-state index contributed by atoms with van der Waals surface area (Å²) >= 11 is 0. The van der Waals surface area contributed by atoms with Crippen LogP contribution >= 0.6 is 0 Å². The Labute approximate surface area is 110 Å². The van der Waals surface area contributed by atoms with Crippen molar-refractivity contribution in [2.75, 3.05) is 0 Å². The molecule has 96 valence electrons. The zero-order valence-corrected chi connectivity index (χ0v) is 11.9. The molecule has 2 aromatic rings. The molecule has 1 atom stereocenters. The normalized spacial score (nSPS) is 20.1. The molecule has 0 bridgehead atoms. The van der Waals surface area contributed by atoms with E-state index < -0.39 is 0 Å². The number of aromatic nitrogens is 1. The van der Waals surface area contributed by atoms with Crippen molar-refractivity contribution in [2.24, 2.45) is 11.3 Å². The summed E-state index contributed by atoms with van der Waals surface area (Å²) in [5.74, 6) is 0.810. The lowest BCUT2D eigenvalue weighted by molar-refractivity contribution is 0.216. The molecule has 0 saturated heterocycles. The summed E-state index contributed by atoms with van der Waals surface area (Å²) in [6, 6.07) is 6.67. The first-order valence-corrected chi connectivity index (χ1v) is 7.06. The third kappa shape index (κ3) is 1.77. The molecule has 0 fully saturated rings. The number of rotatable bonds is 0. The van der Waals surface area contributed by atoms with Crippen LogP contribution < -0.4 is 0 Å². The topological polar surface area (TPSA) is 15.8 Å². The van der Waals surface area contributed by atoms with Crippen LogP contribution in [0.4, 0.5) is 0 Å². The summed E-state index contributed by atoms with van der Waals surface area (Å²) in [4.78, 5) is 3.66. The SMILES string of the molecule is Cc1cccc2c3c([nH]c12)CCC(C(C)(C)C)C3. The van der Waals surface area contributed by atoms with Gasteiger partial charge in [0.1, 0.15) is 0 Å². The van der Waals surface area contributed by atoms with Gasteiger partial charge in [0, 0.05) is 16.6 Å². The molecule has 1 heteroatoms. The highest BCUT2D eigenvalue weighted by molar-refractivity contribution is 5.87. The summed E-state index contributed by atoms with van der Waals surface area (Å²) < 4.78 is 0. The van der Waals surface area contributed by atoms with Crippen molar-refractivity contribution in [3.05, 3.63) is 35.0 Å². The highest BCUT2D eigenvalue weighted by Gasteiger charge is 2.30. The molecular formula is C17H23N. The van der Waals surface area contributed by atoms with Crippen molar-refractivity contribution in [1.29, 1.82) is 0 Å². The van der Waals surface area contributed by atoms with Gasteiger partial charge < -0.3 is 4.98 Å². The highest BCUT2D eigenvalue weighted by Crippen LogP contribution is 2.40. The number of benzene rings is 1. The molecule has 1 aromatic heterocycles. The summed E-state index contributed by atoms with van der Waals surface area (Å²) in [5, 5.41) is 1.46. The average Bonchev–Trinajstić information content (AvgIpc) is 2.67. The number of H-pyrrole nitrogens is 1. The third-order valence-electron chi connectivity index (χ3n) is 4.66. The van der Waals surface area contributed by atoms with Gasteiger partial charge in [0.25, 0.3) is 0 Å². The number of para-hydroxylation sites is 1. The van der Waals surface area contributed by atoms with E-state index in [9.17, 15) is 0 Å². The minimum absolute atomic E-state index is 0.422. The standard InChI is InChI=1S/C17H23N/c1-11-6-5-7-13-14-10-12(17(2,3)4)8-9-15(14)18-16(11)13/h5-7,12,18H,8-10H2,1-4H3. The fourth-order valence-electron chi connectivity index (χ4n) is 3.33. The smallest absolute Gasteiger partial charge is 0.0488 e. The maximum Gasteiger partial charge on any atom is 0.0488 e. The van der Waals surface area contributed by atoms with Crippen LogP contribution in [0.1, 0.15) is 44.0 Å². The molecule has 1 heterocycles. The van der Waals surface area contributed by atoms with Crippen molar-refractivity contribution in [2.45, 2.75) is 47.0 Å². The van der Waals surface area contributed by atoms with E-state index in [2.05, 4.69) is 50.9 Å². The number of fused-ring (bicyclic) bond motifs is 3. The molecule has 1 unspecified atom stereocenters. The molecule has 1 aromatic carbocycles. The lowest BCUT2D eigenvalue weighted by Crippen LogP contribution is -2.26. The summed E-state index contributed by atoms with van der Waals surface area (Å²) in [6.45, 7) is 9.33. The average molecular weight is 241 g/mol. The van der Waals surface area contributed by atoms with E-state index in [0.29, 0.717) is 5.41 Å². The lowest BCUT2D eigenvalue weighted by atomic mass is 9.71. The van der Waals surface area contributed by atoms with Crippen molar-refractivity contribution < 1.29 is 0 Å². The van der Waals surface area contributed by atoms with Crippen LogP contribution in [0.3, 0.4) is 0 Å². The maximum absolute atomic E-state index is 3.66. The molecule has 0 spiro atoms. The van der Waals surface area contributed by atoms with Gasteiger partial charge in [-0.1, -0.05) is 39.0 Å². The monoisotopic (exact) mass is 241 g/mol. The second-order valence-electron chi connectivity index (χ2n) is 6.89. The molecule has 0 saturated carbocycles. The Morgan fingerprint density at radius 1 is 1.22 bits per heavy atom. The van der Waals surface area contributed by atoms with E-state index in [1.807, 2.05) is 0 Å². The molecule has 0 radical (unpaired) electrons. The molecule has 0 aliphatic heterocycles. The number of aryl methyl sites for hydroxylation is 2. The van der Waals surface area contributed by atoms with Gasteiger partial charge in [-0.05, 0) is 48.6 Å². The number of hydrogen-bond donors (Lipinski definition) is 1. The second-order valence-corrected chi connectivity index (χ2v) is 6.89. The van der Waals surface area contributed by atoms with E-state index in [-0.39, 0.29) is 0 Å². The van der Waals surface area contributed by atoms with Gasteiger partial charge in [-0.25, -0.2) is 0 Å². The van der Waals surface area contributed by atoms with E-state index in [1.54, 1.807) is 5.56 Å². The number of aromatic amines is 1. The van der Waals surface area contributed by atoms with Gasteiger partial charge >= 0.3 is 0 Å². The molecule has 1 aliphatic carbocycles. The van der Waals surface area contributed by atoms with Crippen LogP contribution in [0, 0.1) is 18.3 Å². The van der Waals surface area contributed by atoms with E-state index in [4.69, 9.17) is 0 Å². The zero-order valence-electron chi connectivity index (χ0n) is 11.9. The second kappa shape index (κ2) is 3.88. The quantitative estimate of drug-likeness (QED) is 0.692. The first kappa shape index (κ1) is 11.8. The third-order valence-corrected chi connectivity index (χ3v) is 4.66. The van der Waals surface area contributed by atoms with Gasteiger partial charge in [-0.15, -0.1) is 0 Å². The van der Waals surface area contributed by atoms with Crippen molar-refractivity contribution in [1.82, 2.24) is 4.98 Å². The fourth-order valence-corrected chi connectivity index (χ4v) is 3.33. The van der Waals surface area contributed by atoms with Crippen molar-refractivity contribution in [3.63, 3.8) is 0 Å². The van der Waals surface area contributed by atoms with E-state index in [0.717, 1.165) is 5.92 Å². The van der Waals surface area contributed by atoms with Crippen LogP contribution in [0.15, 0.2) is 18.2 Å². The largest absolute Gasteiger partial charge is 0.358 e. The molecule has 1 aliphatic rings. The minimum atomic E-state index is 0.422.